The number of carbonyl (C=O) groups excluding carboxylic acids is 2. The summed E-state index contributed by atoms with van der Waals surface area (Å²) >= 11 is 0. The fourth-order valence-corrected chi connectivity index (χ4v) is 5.82. The van der Waals surface area contributed by atoms with Crippen molar-refractivity contribution in [3.05, 3.63) is 72.2 Å². The van der Waals surface area contributed by atoms with Gasteiger partial charge in [-0.15, -0.1) is 0 Å². The van der Waals surface area contributed by atoms with Gasteiger partial charge in [-0.1, -0.05) is 18.1 Å². The maximum absolute atomic E-state index is 13.5. The number of pyridine rings is 1. The van der Waals surface area contributed by atoms with Gasteiger partial charge in [0.2, 0.25) is 0 Å². The van der Waals surface area contributed by atoms with E-state index < -0.39 is 17.3 Å². The van der Waals surface area contributed by atoms with Crippen molar-refractivity contribution >= 4 is 29.0 Å². The van der Waals surface area contributed by atoms with E-state index in [0.717, 1.165) is 43.1 Å². The van der Waals surface area contributed by atoms with Gasteiger partial charge < -0.3 is 16.0 Å². The molecule has 38 heavy (non-hydrogen) atoms. The summed E-state index contributed by atoms with van der Waals surface area (Å²) in [7, 11) is 0. The van der Waals surface area contributed by atoms with Crippen molar-refractivity contribution in [3.8, 4) is 23.1 Å². The number of fused-ring (bicyclic) bond motifs is 3. The Kier molecular flexibility index (Phi) is 5.56. The molecule has 2 amide bonds. The molecule has 0 aliphatic carbocycles. The molecule has 2 aliphatic rings. The molecular weight excluding hydrogens is 485 g/mol. The van der Waals surface area contributed by atoms with Gasteiger partial charge >= 0.3 is 0 Å². The van der Waals surface area contributed by atoms with E-state index in [4.69, 9.17) is 10.7 Å². The van der Waals surface area contributed by atoms with E-state index in [9.17, 15) is 14.0 Å². The molecule has 6 rings (SSSR count). The van der Waals surface area contributed by atoms with E-state index in [1.165, 1.54) is 12.3 Å². The average Bonchev–Trinajstić information content (AvgIpc) is 3.60. The quantitative estimate of drug-likeness (QED) is 0.405. The molecule has 4 aromatic rings. The Morgan fingerprint density at radius 3 is 2.61 bits per heavy atom. The van der Waals surface area contributed by atoms with Crippen molar-refractivity contribution in [1.82, 2.24) is 24.3 Å². The van der Waals surface area contributed by atoms with Crippen LogP contribution in [-0.2, 0) is 10.3 Å². The van der Waals surface area contributed by atoms with Crippen LogP contribution in [0.4, 0.5) is 16.0 Å². The first-order valence-electron chi connectivity index (χ1n) is 12.3. The molecule has 2 aliphatic heterocycles. The number of rotatable bonds is 4. The van der Waals surface area contributed by atoms with Crippen molar-refractivity contribution in [2.24, 2.45) is 0 Å². The van der Waals surface area contributed by atoms with Crippen LogP contribution in [0.25, 0.3) is 16.8 Å². The first-order valence-corrected chi connectivity index (χ1v) is 12.3. The predicted molar refractivity (Wildman–Crippen MR) is 139 cm³/mol. The highest BCUT2D eigenvalue weighted by atomic mass is 19.1. The number of hydrogen-bond acceptors (Lipinski definition) is 6. The summed E-state index contributed by atoms with van der Waals surface area (Å²) in [5.74, 6) is 5.54. The Morgan fingerprint density at radius 2 is 1.89 bits per heavy atom. The maximum atomic E-state index is 13.5. The van der Waals surface area contributed by atoms with Gasteiger partial charge in [-0.25, -0.2) is 19.3 Å². The van der Waals surface area contributed by atoms with Gasteiger partial charge in [0.25, 0.3) is 11.8 Å². The molecule has 2 bridgehead atoms. The van der Waals surface area contributed by atoms with Crippen molar-refractivity contribution in [1.29, 1.82) is 0 Å². The molecule has 0 unspecified atom stereocenters. The number of nitrogens with zero attached hydrogens (tertiary/aromatic N) is 5. The van der Waals surface area contributed by atoms with Crippen LogP contribution in [-0.4, -0.2) is 42.1 Å². The van der Waals surface area contributed by atoms with Gasteiger partial charge in [-0.2, -0.15) is 0 Å². The number of nitrogens with one attached hydrogen (secondary N) is 1. The molecule has 0 atom stereocenters. The number of anilines is 2. The van der Waals surface area contributed by atoms with Crippen molar-refractivity contribution in [3.63, 3.8) is 0 Å². The largest absolute Gasteiger partial charge is 0.382 e. The third-order valence-electron chi connectivity index (χ3n) is 7.44. The summed E-state index contributed by atoms with van der Waals surface area (Å²) in [4.78, 5) is 40.9. The van der Waals surface area contributed by atoms with Gasteiger partial charge in [0.05, 0.1) is 0 Å². The molecule has 1 aromatic carbocycles. The van der Waals surface area contributed by atoms with E-state index in [0.29, 0.717) is 22.6 Å². The topological polar surface area (TPSA) is 119 Å². The van der Waals surface area contributed by atoms with Gasteiger partial charge in [0.1, 0.15) is 40.0 Å². The van der Waals surface area contributed by atoms with Crippen LogP contribution in [0.15, 0.2) is 55.0 Å². The minimum atomic E-state index is -0.571. The molecule has 0 saturated carbocycles. The summed E-state index contributed by atoms with van der Waals surface area (Å²) in [6.07, 6.45) is 8.11. The number of nitrogens with two attached hydrogens (primary N) is 1. The van der Waals surface area contributed by atoms with E-state index >= 15 is 0 Å². The summed E-state index contributed by atoms with van der Waals surface area (Å²) in [5.41, 5.74) is 8.14. The molecule has 3 aromatic heterocycles. The smallest absolute Gasteiger partial charge is 0.299 e. The van der Waals surface area contributed by atoms with Gasteiger partial charge in [-0.3, -0.25) is 14.0 Å². The molecule has 0 radical (unpaired) electrons. The standard InChI is InChI=1S/C28H24FN7O2/c1-2-3-22(37)36-20-8-11-28(36,12-9-20)27-34-23(24-25(30)32-14-15-35(24)27)17-4-6-18(7-5-17)26(38)33-21-16-19(29)10-13-31-21/h4-7,10,13-16,20H,8-9,11-12H2,1H3,(H2,30,32)(H,31,33,38). The number of benzene rings is 1. The minimum absolute atomic E-state index is 0.125. The number of aromatic nitrogens is 4. The lowest BCUT2D eigenvalue weighted by molar-refractivity contribution is -0.129. The Labute approximate surface area is 217 Å². The number of carbonyl (C=O) groups is 2. The average molecular weight is 510 g/mol. The molecule has 2 saturated heterocycles. The molecule has 0 spiro atoms. The van der Waals surface area contributed by atoms with Crippen LogP contribution in [0.3, 0.4) is 0 Å². The fourth-order valence-electron chi connectivity index (χ4n) is 5.82. The van der Waals surface area contributed by atoms with Crippen LogP contribution < -0.4 is 11.1 Å². The third-order valence-corrected chi connectivity index (χ3v) is 7.44. The van der Waals surface area contributed by atoms with Crippen LogP contribution in [0.1, 0.15) is 48.8 Å². The zero-order valence-electron chi connectivity index (χ0n) is 20.6. The van der Waals surface area contributed by atoms with Crippen LogP contribution in [0, 0.1) is 17.7 Å². The number of halogens is 1. The lowest BCUT2D eigenvalue weighted by Crippen LogP contribution is -2.43. The number of hydrogen-bond donors (Lipinski definition) is 2. The Morgan fingerprint density at radius 1 is 1.13 bits per heavy atom. The summed E-state index contributed by atoms with van der Waals surface area (Å²) in [5, 5.41) is 2.59. The molecule has 10 heteroatoms. The lowest BCUT2D eigenvalue weighted by atomic mass is 9.87. The number of imidazole rings is 1. The first-order chi connectivity index (χ1) is 18.4. The van der Waals surface area contributed by atoms with Crippen LogP contribution in [0.5, 0.6) is 0 Å². The highest BCUT2D eigenvalue weighted by Crippen LogP contribution is 2.53. The van der Waals surface area contributed by atoms with Crippen molar-refractivity contribution < 1.29 is 14.0 Å². The second-order valence-electron chi connectivity index (χ2n) is 9.52. The van der Waals surface area contributed by atoms with E-state index in [-0.39, 0.29) is 17.8 Å². The third kappa shape index (κ3) is 3.66. The lowest BCUT2D eigenvalue weighted by Gasteiger charge is -2.32. The summed E-state index contributed by atoms with van der Waals surface area (Å²) < 4.78 is 15.4. The fraction of sp³-hybridized carbons (Fsp3) is 0.250. The van der Waals surface area contributed by atoms with Crippen molar-refractivity contribution in [2.45, 2.75) is 44.2 Å². The zero-order valence-corrected chi connectivity index (χ0v) is 20.6. The van der Waals surface area contributed by atoms with Crippen LogP contribution in [0.2, 0.25) is 0 Å². The Balaban J connectivity index is 1.39. The SMILES string of the molecule is CC#CC(=O)N1C2CCC1(c1nc(-c3ccc(C(=O)Nc4cc(F)ccn4)cc3)c3c(N)nccn13)CC2. The molecular formula is C28H24FN7O2. The first kappa shape index (κ1) is 23.6. The Bertz CT molecular complexity index is 1640. The predicted octanol–water partition coefficient (Wildman–Crippen LogP) is 3.77. The van der Waals surface area contributed by atoms with Crippen LogP contribution >= 0.6 is 0 Å². The van der Waals surface area contributed by atoms with Gasteiger partial charge in [0.15, 0.2) is 0 Å². The summed E-state index contributed by atoms with van der Waals surface area (Å²) in [6.45, 7) is 1.66. The highest BCUT2D eigenvalue weighted by Gasteiger charge is 2.57. The van der Waals surface area contributed by atoms with E-state index in [1.54, 1.807) is 37.4 Å². The molecule has 190 valence electrons. The highest BCUT2D eigenvalue weighted by molar-refractivity contribution is 6.04. The second kappa shape index (κ2) is 8.95. The summed E-state index contributed by atoms with van der Waals surface area (Å²) in [6, 6.07) is 9.38. The molecule has 2 fully saturated rings. The zero-order chi connectivity index (χ0) is 26.4. The van der Waals surface area contributed by atoms with Gasteiger partial charge in [0, 0.05) is 41.8 Å². The van der Waals surface area contributed by atoms with E-state index in [1.807, 2.05) is 15.5 Å². The minimum Gasteiger partial charge on any atom is -0.382 e. The molecule has 9 nitrogen and oxygen atoms in total. The van der Waals surface area contributed by atoms with E-state index in [2.05, 4.69) is 27.1 Å². The monoisotopic (exact) mass is 509 g/mol. The normalized spacial score (nSPS) is 19.8. The molecule has 3 N–H and O–H groups in total. The number of amides is 2. The number of nitrogen functional groups attached to an aromatic ring is 1. The Hall–Kier alpha value is -4.78. The van der Waals surface area contributed by atoms with Gasteiger partial charge in [-0.05, 0) is 56.7 Å². The van der Waals surface area contributed by atoms with Crippen molar-refractivity contribution in [2.75, 3.05) is 11.1 Å². The second-order valence-corrected chi connectivity index (χ2v) is 9.52. The molecule has 5 heterocycles. The maximum Gasteiger partial charge on any atom is 0.299 e.